The summed E-state index contributed by atoms with van der Waals surface area (Å²) >= 11 is 3.46. The zero-order valence-corrected chi connectivity index (χ0v) is 13.0. The lowest BCUT2D eigenvalue weighted by Gasteiger charge is -2.34. The number of amides is 1. The highest BCUT2D eigenvalue weighted by atomic mass is 79.9. The van der Waals surface area contributed by atoms with E-state index in [9.17, 15) is 4.79 Å². The molecular weight excluding hydrogens is 338 g/mol. The fraction of sp³-hybridized carbons (Fsp3) is 0.357. The molecule has 1 aromatic carbocycles. The molecule has 0 aliphatic carbocycles. The van der Waals surface area contributed by atoms with Gasteiger partial charge in [-0.1, -0.05) is 27.2 Å². The molecule has 3 rings (SSSR count). The number of carbonyl (C=O) groups excluding carboxylic acids is 1. The smallest absolute Gasteiger partial charge is 0.254 e. The molecule has 0 radical (unpaired) electrons. The average Bonchev–Trinajstić information content (AvgIpc) is 3.03. The summed E-state index contributed by atoms with van der Waals surface area (Å²) in [6.45, 7) is 3.30. The Hall–Kier alpha value is -1.73. The van der Waals surface area contributed by atoms with Crippen molar-refractivity contribution >= 4 is 21.8 Å². The minimum absolute atomic E-state index is 0.0492. The predicted molar refractivity (Wildman–Crippen MR) is 77.8 cm³/mol. The largest absolute Gasteiger partial charge is 0.377 e. The molecule has 0 N–H and O–H groups in total. The standard InChI is InChI=1S/C14H14BrN3O3/c1-9-10(3-2-4-11(9)15)14(19)18-5-6-20-7-12(18)13-16-8-21-17-13/h2-4,8,12H,5-7H2,1H3. The lowest BCUT2D eigenvalue weighted by atomic mass is 10.1. The van der Waals surface area contributed by atoms with Crippen LogP contribution in [0, 0.1) is 6.92 Å². The molecule has 0 saturated carbocycles. The first kappa shape index (κ1) is 14.2. The highest BCUT2D eigenvalue weighted by Gasteiger charge is 2.32. The number of morpholine rings is 1. The lowest BCUT2D eigenvalue weighted by molar-refractivity contribution is -0.00581. The molecule has 0 spiro atoms. The molecule has 0 bridgehead atoms. The molecule has 1 aliphatic heterocycles. The fourth-order valence-corrected chi connectivity index (χ4v) is 2.75. The monoisotopic (exact) mass is 351 g/mol. The average molecular weight is 352 g/mol. The summed E-state index contributed by atoms with van der Waals surface area (Å²) in [5, 5.41) is 3.84. The zero-order valence-electron chi connectivity index (χ0n) is 11.5. The van der Waals surface area contributed by atoms with E-state index in [0.717, 1.165) is 10.0 Å². The van der Waals surface area contributed by atoms with Crippen molar-refractivity contribution in [2.45, 2.75) is 13.0 Å². The third kappa shape index (κ3) is 2.71. The minimum Gasteiger partial charge on any atom is -0.377 e. The number of ether oxygens (including phenoxy) is 1. The summed E-state index contributed by atoms with van der Waals surface area (Å²) in [6, 6.07) is 5.28. The van der Waals surface area contributed by atoms with Gasteiger partial charge in [0, 0.05) is 16.6 Å². The molecule has 7 heteroatoms. The number of hydrogen-bond acceptors (Lipinski definition) is 5. The van der Waals surface area contributed by atoms with Crippen LogP contribution in [0.1, 0.15) is 27.8 Å². The van der Waals surface area contributed by atoms with E-state index in [-0.39, 0.29) is 11.9 Å². The molecule has 1 aliphatic rings. The Bertz CT molecular complexity index is 645. The van der Waals surface area contributed by atoms with Crippen molar-refractivity contribution in [2.75, 3.05) is 19.8 Å². The number of halogens is 1. The summed E-state index contributed by atoms with van der Waals surface area (Å²) in [6.07, 6.45) is 1.26. The SMILES string of the molecule is Cc1c(Br)cccc1C(=O)N1CCOCC1c1ncon1. The Labute approximate surface area is 130 Å². The van der Waals surface area contributed by atoms with E-state index in [4.69, 9.17) is 9.26 Å². The van der Waals surface area contributed by atoms with E-state index in [1.54, 1.807) is 4.90 Å². The molecule has 110 valence electrons. The van der Waals surface area contributed by atoms with E-state index >= 15 is 0 Å². The number of aromatic nitrogens is 2. The van der Waals surface area contributed by atoms with Crippen LogP contribution < -0.4 is 0 Å². The Morgan fingerprint density at radius 1 is 1.48 bits per heavy atom. The van der Waals surface area contributed by atoms with Crippen LogP contribution in [-0.2, 0) is 4.74 Å². The van der Waals surface area contributed by atoms with Crippen molar-refractivity contribution in [2.24, 2.45) is 0 Å². The molecule has 2 heterocycles. The van der Waals surface area contributed by atoms with Crippen molar-refractivity contribution in [3.8, 4) is 0 Å². The fourth-order valence-electron chi connectivity index (χ4n) is 2.38. The van der Waals surface area contributed by atoms with E-state index in [1.807, 2.05) is 25.1 Å². The van der Waals surface area contributed by atoms with Crippen LogP contribution >= 0.6 is 15.9 Å². The zero-order chi connectivity index (χ0) is 14.8. The summed E-state index contributed by atoms with van der Waals surface area (Å²) in [7, 11) is 0. The van der Waals surface area contributed by atoms with Crippen LogP contribution in [0.4, 0.5) is 0 Å². The first-order valence-corrected chi connectivity index (χ1v) is 7.38. The van der Waals surface area contributed by atoms with Crippen molar-refractivity contribution in [3.05, 3.63) is 46.0 Å². The van der Waals surface area contributed by atoms with Gasteiger partial charge < -0.3 is 14.2 Å². The van der Waals surface area contributed by atoms with E-state index in [1.165, 1.54) is 6.39 Å². The third-order valence-electron chi connectivity index (χ3n) is 3.56. The second-order valence-corrected chi connectivity index (χ2v) is 5.65. The Morgan fingerprint density at radius 3 is 3.10 bits per heavy atom. The highest BCUT2D eigenvalue weighted by Crippen LogP contribution is 2.26. The minimum atomic E-state index is -0.316. The van der Waals surface area contributed by atoms with Crippen molar-refractivity contribution in [1.82, 2.24) is 15.0 Å². The summed E-state index contributed by atoms with van der Waals surface area (Å²) in [5.74, 6) is 0.419. The molecule has 21 heavy (non-hydrogen) atoms. The number of hydrogen-bond donors (Lipinski definition) is 0. The van der Waals surface area contributed by atoms with Crippen LogP contribution in [0.2, 0.25) is 0 Å². The van der Waals surface area contributed by atoms with Gasteiger partial charge in [-0.25, -0.2) is 0 Å². The molecule has 1 fully saturated rings. The second kappa shape index (κ2) is 5.95. The lowest BCUT2D eigenvalue weighted by Crippen LogP contribution is -2.44. The van der Waals surface area contributed by atoms with E-state index in [0.29, 0.717) is 31.1 Å². The maximum absolute atomic E-state index is 12.8. The van der Waals surface area contributed by atoms with E-state index in [2.05, 4.69) is 26.1 Å². The van der Waals surface area contributed by atoms with Crippen LogP contribution in [0.15, 0.2) is 33.6 Å². The molecule has 1 unspecified atom stereocenters. The summed E-state index contributed by atoms with van der Waals surface area (Å²) in [5.41, 5.74) is 1.58. The number of nitrogens with zero attached hydrogens (tertiary/aromatic N) is 3. The van der Waals surface area contributed by atoms with E-state index < -0.39 is 0 Å². The van der Waals surface area contributed by atoms with Gasteiger partial charge in [0.2, 0.25) is 6.39 Å². The van der Waals surface area contributed by atoms with Gasteiger partial charge in [0.25, 0.3) is 5.91 Å². The molecule has 1 atom stereocenters. The van der Waals surface area contributed by atoms with Gasteiger partial charge in [0.1, 0.15) is 6.04 Å². The van der Waals surface area contributed by atoms with Gasteiger partial charge >= 0.3 is 0 Å². The first-order chi connectivity index (χ1) is 10.2. The van der Waals surface area contributed by atoms with Gasteiger partial charge in [-0.2, -0.15) is 4.98 Å². The summed E-state index contributed by atoms with van der Waals surface area (Å²) in [4.78, 5) is 18.6. The predicted octanol–water partition coefficient (Wildman–Crippen LogP) is 2.35. The Kier molecular flexibility index (Phi) is 4.03. The number of benzene rings is 1. The van der Waals surface area contributed by atoms with Crippen molar-refractivity contribution in [1.29, 1.82) is 0 Å². The first-order valence-electron chi connectivity index (χ1n) is 6.58. The molecule has 2 aromatic rings. The van der Waals surface area contributed by atoms with Gasteiger partial charge in [-0.3, -0.25) is 4.79 Å². The Morgan fingerprint density at radius 2 is 2.33 bits per heavy atom. The molecular formula is C14H14BrN3O3. The van der Waals surface area contributed by atoms with Crippen molar-refractivity contribution in [3.63, 3.8) is 0 Å². The van der Waals surface area contributed by atoms with Crippen LogP contribution in [0.25, 0.3) is 0 Å². The molecule has 1 saturated heterocycles. The second-order valence-electron chi connectivity index (χ2n) is 4.79. The Balaban J connectivity index is 1.93. The maximum Gasteiger partial charge on any atom is 0.254 e. The quantitative estimate of drug-likeness (QED) is 0.830. The van der Waals surface area contributed by atoms with Gasteiger partial charge in [0.05, 0.1) is 13.2 Å². The van der Waals surface area contributed by atoms with Gasteiger partial charge in [-0.15, -0.1) is 0 Å². The van der Waals surface area contributed by atoms with Crippen LogP contribution in [-0.4, -0.2) is 40.7 Å². The number of carbonyl (C=O) groups is 1. The normalized spacial score (nSPS) is 18.8. The van der Waals surface area contributed by atoms with Gasteiger partial charge in [-0.05, 0) is 24.6 Å². The number of rotatable bonds is 2. The van der Waals surface area contributed by atoms with Gasteiger partial charge in [0.15, 0.2) is 5.82 Å². The third-order valence-corrected chi connectivity index (χ3v) is 4.42. The molecule has 1 aromatic heterocycles. The van der Waals surface area contributed by atoms with Crippen LogP contribution in [0.3, 0.4) is 0 Å². The highest BCUT2D eigenvalue weighted by molar-refractivity contribution is 9.10. The maximum atomic E-state index is 12.8. The molecule has 6 nitrogen and oxygen atoms in total. The van der Waals surface area contributed by atoms with Crippen LogP contribution in [0.5, 0.6) is 0 Å². The van der Waals surface area contributed by atoms with Crippen molar-refractivity contribution < 1.29 is 14.1 Å². The molecule has 1 amide bonds. The topological polar surface area (TPSA) is 68.5 Å². The summed E-state index contributed by atoms with van der Waals surface area (Å²) < 4.78 is 11.1.